The van der Waals surface area contributed by atoms with Crippen LogP contribution in [0.25, 0.3) is 0 Å². The van der Waals surface area contributed by atoms with Gasteiger partial charge in [-0.1, -0.05) is 32.9 Å². The zero-order valence-electron chi connectivity index (χ0n) is 13.1. The summed E-state index contributed by atoms with van der Waals surface area (Å²) in [4.78, 5) is 12.3. The lowest BCUT2D eigenvalue weighted by Gasteiger charge is -2.47. The zero-order chi connectivity index (χ0) is 15.6. The first-order chi connectivity index (χ1) is 9.91. The molecule has 1 aliphatic carbocycles. The van der Waals surface area contributed by atoms with Gasteiger partial charge in [0.15, 0.2) is 0 Å². The average Bonchev–Trinajstić information content (AvgIpc) is 2.46. The Balaban J connectivity index is 2.47. The van der Waals surface area contributed by atoms with Gasteiger partial charge in [0.05, 0.1) is 17.0 Å². The molecule has 1 saturated carbocycles. The monoisotopic (exact) mass is 284 g/mol. The first kappa shape index (κ1) is 15.6. The van der Waals surface area contributed by atoms with E-state index in [2.05, 4.69) is 26.8 Å². The lowest BCUT2D eigenvalue weighted by atomic mass is 9.56. The van der Waals surface area contributed by atoms with Gasteiger partial charge in [0.2, 0.25) is 5.91 Å². The van der Waals surface area contributed by atoms with Crippen LogP contribution in [-0.2, 0) is 4.79 Å². The van der Waals surface area contributed by atoms with Crippen LogP contribution in [0.1, 0.15) is 57.1 Å². The molecule has 21 heavy (non-hydrogen) atoms. The number of carbonyl (C=O) groups is 1. The van der Waals surface area contributed by atoms with Gasteiger partial charge in [-0.2, -0.15) is 5.26 Å². The number of hydrogen-bond donors (Lipinski definition) is 1. The fourth-order valence-electron chi connectivity index (χ4n) is 3.88. The highest BCUT2D eigenvalue weighted by Crippen LogP contribution is 2.53. The molecule has 3 atom stereocenters. The molecule has 1 fully saturated rings. The number of carbonyl (C=O) groups excluding carboxylic acids is 1. The van der Waals surface area contributed by atoms with Crippen LogP contribution in [0.4, 0.5) is 0 Å². The van der Waals surface area contributed by atoms with Gasteiger partial charge in [-0.25, -0.2) is 0 Å². The summed E-state index contributed by atoms with van der Waals surface area (Å²) < 4.78 is 0. The standard InChI is InChI=1S/C18H24N2O/c1-12(2)18(17(20)21)9-8-13(3)10-16(18)15-6-4-14(11-19)5-7-15/h4-7,12-13,16H,8-10H2,1-3H3,(H2,20,21). The third kappa shape index (κ3) is 2.68. The van der Waals surface area contributed by atoms with Gasteiger partial charge in [0, 0.05) is 0 Å². The fraction of sp³-hybridized carbons (Fsp3) is 0.556. The minimum atomic E-state index is -0.472. The Hall–Kier alpha value is -1.82. The van der Waals surface area contributed by atoms with Gasteiger partial charge in [-0.05, 0) is 54.7 Å². The van der Waals surface area contributed by atoms with Crippen molar-refractivity contribution >= 4 is 5.91 Å². The molecule has 1 aromatic carbocycles. The number of primary amides is 1. The minimum Gasteiger partial charge on any atom is -0.369 e. The first-order valence-corrected chi connectivity index (χ1v) is 7.71. The summed E-state index contributed by atoms with van der Waals surface area (Å²) in [6, 6.07) is 9.78. The summed E-state index contributed by atoms with van der Waals surface area (Å²) in [6.45, 7) is 6.43. The Labute approximate surface area is 127 Å². The third-order valence-electron chi connectivity index (χ3n) is 5.24. The maximum Gasteiger partial charge on any atom is 0.224 e. The van der Waals surface area contributed by atoms with E-state index in [1.54, 1.807) is 0 Å². The van der Waals surface area contributed by atoms with E-state index in [1.807, 2.05) is 24.3 Å². The maximum absolute atomic E-state index is 12.3. The Morgan fingerprint density at radius 3 is 2.48 bits per heavy atom. The highest BCUT2D eigenvalue weighted by atomic mass is 16.1. The van der Waals surface area contributed by atoms with E-state index in [1.165, 1.54) is 0 Å². The molecule has 3 heteroatoms. The molecule has 0 bridgehead atoms. The second-order valence-corrected chi connectivity index (χ2v) is 6.73. The number of benzene rings is 1. The molecular weight excluding hydrogens is 260 g/mol. The molecule has 1 amide bonds. The van der Waals surface area contributed by atoms with E-state index < -0.39 is 5.41 Å². The second kappa shape index (κ2) is 5.89. The first-order valence-electron chi connectivity index (χ1n) is 7.71. The Morgan fingerprint density at radius 1 is 1.38 bits per heavy atom. The van der Waals surface area contributed by atoms with Crippen molar-refractivity contribution in [2.75, 3.05) is 0 Å². The summed E-state index contributed by atoms with van der Waals surface area (Å²) in [6.07, 6.45) is 2.88. The molecule has 0 saturated heterocycles. The quantitative estimate of drug-likeness (QED) is 0.921. The van der Waals surface area contributed by atoms with E-state index in [0.29, 0.717) is 11.5 Å². The van der Waals surface area contributed by atoms with E-state index in [0.717, 1.165) is 24.8 Å². The molecule has 2 N–H and O–H groups in total. The van der Waals surface area contributed by atoms with Crippen LogP contribution < -0.4 is 5.73 Å². The molecule has 0 radical (unpaired) electrons. The van der Waals surface area contributed by atoms with E-state index >= 15 is 0 Å². The van der Waals surface area contributed by atoms with Crippen molar-refractivity contribution in [2.24, 2.45) is 23.0 Å². The zero-order valence-corrected chi connectivity index (χ0v) is 13.1. The lowest BCUT2D eigenvalue weighted by molar-refractivity contribution is -0.134. The van der Waals surface area contributed by atoms with E-state index in [-0.39, 0.29) is 17.7 Å². The minimum absolute atomic E-state index is 0.145. The normalized spacial score (nSPS) is 29.1. The van der Waals surface area contributed by atoms with Gasteiger partial charge in [-0.15, -0.1) is 0 Å². The molecule has 0 aliphatic heterocycles. The number of nitrogens with two attached hydrogens (primary N) is 1. The van der Waals surface area contributed by atoms with Crippen molar-refractivity contribution < 1.29 is 4.79 Å². The fourth-order valence-corrected chi connectivity index (χ4v) is 3.88. The topological polar surface area (TPSA) is 66.9 Å². The van der Waals surface area contributed by atoms with Crippen LogP contribution in [0.15, 0.2) is 24.3 Å². The summed E-state index contributed by atoms with van der Waals surface area (Å²) in [5.41, 5.74) is 7.15. The highest BCUT2D eigenvalue weighted by molar-refractivity contribution is 5.82. The molecule has 2 rings (SSSR count). The summed E-state index contributed by atoms with van der Waals surface area (Å²) in [5.74, 6) is 0.769. The maximum atomic E-state index is 12.3. The smallest absolute Gasteiger partial charge is 0.224 e. The Morgan fingerprint density at radius 2 is 2.00 bits per heavy atom. The van der Waals surface area contributed by atoms with Crippen LogP contribution in [0.5, 0.6) is 0 Å². The van der Waals surface area contributed by atoms with Crippen LogP contribution in [0.3, 0.4) is 0 Å². The summed E-state index contributed by atoms with van der Waals surface area (Å²) in [5, 5.41) is 8.94. The van der Waals surface area contributed by atoms with Crippen molar-refractivity contribution in [1.29, 1.82) is 5.26 Å². The molecule has 3 unspecified atom stereocenters. The van der Waals surface area contributed by atoms with Crippen molar-refractivity contribution in [3.05, 3.63) is 35.4 Å². The summed E-state index contributed by atoms with van der Waals surface area (Å²) in [7, 11) is 0. The Kier molecular flexibility index (Phi) is 4.37. The van der Waals surface area contributed by atoms with Crippen LogP contribution in [0.2, 0.25) is 0 Å². The molecule has 1 aliphatic rings. The van der Waals surface area contributed by atoms with Gasteiger partial charge in [0.25, 0.3) is 0 Å². The van der Waals surface area contributed by atoms with Gasteiger partial charge < -0.3 is 5.73 Å². The van der Waals surface area contributed by atoms with Crippen LogP contribution in [-0.4, -0.2) is 5.91 Å². The van der Waals surface area contributed by atoms with E-state index in [9.17, 15) is 4.79 Å². The molecule has 0 heterocycles. The van der Waals surface area contributed by atoms with Crippen LogP contribution >= 0.6 is 0 Å². The SMILES string of the molecule is CC1CCC(C(N)=O)(C(C)C)C(c2ccc(C#N)cc2)C1. The lowest BCUT2D eigenvalue weighted by Crippen LogP contribution is -2.49. The molecule has 1 aromatic rings. The third-order valence-corrected chi connectivity index (χ3v) is 5.24. The molecular formula is C18H24N2O. The number of hydrogen-bond acceptors (Lipinski definition) is 2. The van der Waals surface area contributed by atoms with Crippen molar-refractivity contribution in [2.45, 2.75) is 46.0 Å². The van der Waals surface area contributed by atoms with Gasteiger partial charge >= 0.3 is 0 Å². The van der Waals surface area contributed by atoms with E-state index in [4.69, 9.17) is 11.0 Å². The second-order valence-electron chi connectivity index (χ2n) is 6.73. The van der Waals surface area contributed by atoms with Gasteiger partial charge in [-0.3, -0.25) is 4.79 Å². The number of nitrogens with zero attached hydrogens (tertiary/aromatic N) is 1. The Bertz CT molecular complexity index is 556. The van der Waals surface area contributed by atoms with Crippen molar-refractivity contribution in [3.63, 3.8) is 0 Å². The number of nitriles is 1. The molecule has 3 nitrogen and oxygen atoms in total. The average molecular weight is 284 g/mol. The molecule has 0 spiro atoms. The number of rotatable bonds is 3. The highest BCUT2D eigenvalue weighted by Gasteiger charge is 2.49. The van der Waals surface area contributed by atoms with Crippen molar-refractivity contribution in [1.82, 2.24) is 0 Å². The summed E-state index contributed by atoms with van der Waals surface area (Å²) >= 11 is 0. The molecule has 112 valence electrons. The number of amides is 1. The molecule has 0 aromatic heterocycles. The predicted molar refractivity (Wildman–Crippen MR) is 83.4 cm³/mol. The largest absolute Gasteiger partial charge is 0.369 e. The van der Waals surface area contributed by atoms with Crippen molar-refractivity contribution in [3.8, 4) is 6.07 Å². The van der Waals surface area contributed by atoms with Gasteiger partial charge in [0.1, 0.15) is 0 Å². The van der Waals surface area contributed by atoms with Crippen LogP contribution in [0, 0.1) is 28.6 Å². The predicted octanol–water partition coefficient (Wildman–Crippen LogP) is 3.59.